The number of hydrogen-bond donors (Lipinski definition) is 0. The number of benzene rings is 2. The number of hydrogen-bond acceptors (Lipinski definition) is 7. The number of nitrogens with zero attached hydrogens (tertiary/aromatic N) is 4. The van der Waals surface area contributed by atoms with Crippen LogP contribution in [0.15, 0.2) is 48.5 Å². The van der Waals surface area contributed by atoms with Gasteiger partial charge in [0, 0.05) is 23.7 Å². The molecule has 1 amide bonds. The van der Waals surface area contributed by atoms with Gasteiger partial charge in [-0.15, -0.1) is 0 Å². The Hall–Kier alpha value is -3.86. The van der Waals surface area contributed by atoms with Crippen LogP contribution in [-0.2, 0) is 9.53 Å². The van der Waals surface area contributed by atoms with Crippen molar-refractivity contribution in [3.05, 3.63) is 81.2 Å². The monoisotopic (exact) mass is 668 g/mol. The lowest BCUT2D eigenvalue weighted by atomic mass is 10.0. The van der Waals surface area contributed by atoms with Crippen molar-refractivity contribution in [1.82, 2.24) is 19.2 Å². The van der Waals surface area contributed by atoms with E-state index < -0.39 is 11.9 Å². The van der Waals surface area contributed by atoms with Gasteiger partial charge >= 0.3 is 5.97 Å². The van der Waals surface area contributed by atoms with Gasteiger partial charge in [0.15, 0.2) is 11.6 Å². The third-order valence-corrected chi connectivity index (χ3v) is 9.55. The van der Waals surface area contributed by atoms with Crippen LogP contribution in [0.5, 0.6) is 11.6 Å². The number of fused-ring (bicyclic) bond motifs is 2. The van der Waals surface area contributed by atoms with E-state index in [1.54, 1.807) is 59.5 Å². The molecule has 2 atom stereocenters. The number of pyridine rings is 1. The lowest BCUT2D eigenvalue weighted by Crippen LogP contribution is -2.41. The number of carbonyl (C=O) groups is 2. The Kier molecular flexibility index (Phi) is 9.40. The van der Waals surface area contributed by atoms with Crippen LogP contribution in [-0.4, -0.2) is 77.1 Å². The summed E-state index contributed by atoms with van der Waals surface area (Å²) in [7, 11) is 1.54. The Bertz CT molecular complexity index is 1800. The van der Waals surface area contributed by atoms with Gasteiger partial charge in [0.25, 0.3) is 5.91 Å². The topological polar surface area (TPSA) is 85.6 Å². The summed E-state index contributed by atoms with van der Waals surface area (Å²) in [6.07, 6.45) is 2.43. The second-order valence-electron chi connectivity index (χ2n) is 11.5. The number of rotatable bonds is 10. The van der Waals surface area contributed by atoms with Crippen LogP contribution in [0.4, 0.5) is 4.39 Å². The maximum atomic E-state index is 15.0. The highest BCUT2D eigenvalue weighted by molar-refractivity contribution is 6.43. The molecule has 46 heavy (non-hydrogen) atoms. The molecule has 2 aromatic carbocycles. The fourth-order valence-corrected chi connectivity index (χ4v) is 6.85. The fraction of sp³-hybridized carbons (Fsp3) is 0.382. The summed E-state index contributed by atoms with van der Waals surface area (Å²) < 4.78 is 33.6. The molecular weight excluding hydrogens is 634 g/mol. The molecule has 12 heteroatoms. The minimum absolute atomic E-state index is 0.0714. The Morgan fingerprint density at radius 1 is 1.17 bits per heavy atom. The lowest BCUT2D eigenvalue weighted by molar-refractivity contribution is -0.144. The second-order valence-corrected chi connectivity index (χ2v) is 12.3. The third-order valence-electron chi connectivity index (χ3n) is 8.77. The van der Waals surface area contributed by atoms with E-state index in [0.29, 0.717) is 63.7 Å². The molecule has 0 bridgehead atoms. The highest BCUT2D eigenvalue weighted by Crippen LogP contribution is 2.45. The summed E-state index contributed by atoms with van der Waals surface area (Å²) >= 11 is 12.8. The maximum absolute atomic E-state index is 15.0. The Balaban J connectivity index is 1.43. The third kappa shape index (κ3) is 6.01. The van der Waals surface area contributed by atoms with E-state index in [-0.39, 0.29) is 36.8 Å². The number of halogens is 3. The van der Waals surface area contributed by atoms with Crippen molar-refractivity contribution in [2.45, 2.75) is 45.2 Å². The van der Waals surface area contributed by atoms with E-state index >= 15 is 0 Å². The number of ether oxygens (including phenoxy) is 3. The van der Waals surface area contributed by atoms with E-state index in [0.717, 1.165) is 24.9 Å². The zero-order chi connectivity index (χ0) is 32.5. The molecule has 2 aliphatic rings. The summed E-state index contributed by atoms with van der Waals surface area (Å²) in [5.41, 5.74) is 2.75. The molecule has 1 saturated heterocycles. The van der Waals surface area contributed by atoms with Crippen LogP contribution in [0.3, 0.4) is 0 Å². The fourth-order valence-electron chi connectivity index (χ4n) is 6.47. The van der Waals surface area contributed by atoms with E-state index in [1.165, 1.54) is 13.2 Å². The lowest BCUT2D eigenvalue weighted by Gasteiger charge is -2.31. The number of carbonyl (C=O) groups excluding carboxylic acids is 2. The minimum Gasteiger partial charge on any atom is -0.489 e. The summed E-state index contributed by atoms with van der Waals surface area (Å²) in [5, 5.41) is 0.648. The van der Waals surface area contributed by atoms with Gasteiger partial charge < -0.3 is 19.1 Å². The molecule has 1 unspecified atom stereocenters. The Labute approximate surface area is 276 Å². The van der Waals surface area contributed by atoms with E-state index in [2.05, 4.69) is 4.90 Å². The van der Waals surface area contributed by atoms with Crippen molar-refractivity contribution in [1.29, 1.82) is 0 Å². The Morgan fingerprint density at radius 2 is 2.00 bits per heavy atom. The van der Waals surface area contributed by atoms with Crippen molar-refractivity contribution in [3.8, 4) is 22.9 Å². The van der Waals surface area contributed by atoms with E-state index in [9.17, 15) is 14.0 Å². The molecule has 2 aromatic heterocycles. The molecule has 0 radical (unpaired) electrons. The molecular formula is C34H35Cl2FN4O5. The molecule has 1 fully saturated rings. The molecule has 4 aromatic rings. The van der Waals surface area contributed by atoms with Crippen LogP contribution in [0.25, 0.3) is 16.9 Å². The zero-order valence-corrected chi connectivity index (χ0v) is 27.4. The predicted octanol–water partition coefficient (Wildman–Crippen LogP) is 6.76. The first-order valence-electron chi connectivity index (χ1n) is 15.3. The van der Waals surface area contributed by atoms with Gasteiger partial charge in [0.2, 0.25) is 0 Å². The molecule has 4 heterocycles. The predicted molar refractivity (Wildman–Crippen MR) is 173 cm³/mol. The van der Waals surface area contributed by atoms with Crippen LogP contribution in [0, 0.1) is 12.7 Å². The minimum atomic E-state index is -0.494. The van der Waals surface area contributed by atoms with Crippen molar-refractivity contribution in [2.75, 3.05) is 40.0 Å². The molecule has 6 rings (SSSR count). The smallest absolute Gasteiger partial charge is 0.320 e. The van der Waals surface area contributed by atoms with Gasteiger partial charge in [0.1, 0.15) is 28.8 Å². The van der Waals surface area contributed by atoms with Gasteiger partial charge in [-0.05, 0) is 69.5 Å². The van der Waals surface area contributed by atoms with E-state index in [1.807, 2.05) is 6.07 Å². The standard InChI is InChI=1S/C34H35Cl2FN4O5/c1-4-45-29(42)18-39-15-6-7-22(39)14-16-40(26-19-46-33-23(26)12-13-24(35)30(33)36)34(43)31-32(21-11-10-20(2)25(37)17-21)41-27(38-31)8-5-9-28(41)44-3/h5,8-13,17,22,26H,4,6-7,14-16,18-19H2,1-3H3/t22-,26?/m0/s1. The SMILES string of the molecule is CCOC(=O)CN1CCC[C@H]1CCN(C(=O)c1nc2cccc(OC)n2c1-c1ccc(C)c(F)c1)C1COc2c1ccc(Cl)c2Cl. The van der Waals surface area contributed by atoms with E-state index in [4.69, 9.17) is 42.4 Å². The van der Waals surface area contributed by atoms with Crippen molar-refractivity contribution in [2.24, 2.45) is 0 Å². The van der Waals surface area contributed by atoms with Gasteiger partial charge in [-0.1, -0.05) is 47.5 Å². The second kappa shape index (κ2) is 13.5. The summed E-state index contributed by atoms with van der Waals surface area (Å²) in [6.45, 7) is 5.28. The van der Waals surface area contributed by atoms with Gasteiger partial charge in [-0.3, -0.25) is 18.9 Å². The van der Waals surface area contributed by atoms with Gasteiger partial charge in [-0.2, -0.15) is 0 Å². The first-order chi connectivity index (χ1) is 22.2. The van der Waals surface area contributed by atoms with Crippen molar-refractivity contribution >= 4 is 40.7 Å². The quantitative estimate of drug-likeness (QED) is 0.173. The Morgan fingerprint density at radius 3 is 2.76 bits per heavy atom. The molecule has 2 aliphatic heterocycles. The molecule has 0 aliphatic carbocycles. The molecule has 0 spiro atoms. The number of methoxy groups -OCH3 is 1. The summed E-state index contributed by atoms with van der Waals surface area (Å²) in [5.74, 6) is -0.127. The highest BCUT2D eigenvalue weighted by Gasteiger charge is 2.38. The number of aryl methyl sites for hydroxylation is 1. The number of imidazole rings is 1. The van der Waals surface area contributed by atoms with Crippen molar-refractivity contribution < 1.29 is 28.2 Å². The number of likely N-dealkylation sites (tertiary alicyclic amines) is 1. The van der Waals surface area contributed by atoms with Crippen molar-refractivity contribution in [3.63, 3.8) is 0 Å². The van der Waals surface area contributed by atoms with Crippen LogP contribution < -0.4 is 9.47 Å². The number of amides is 1. The zero-order valence-electron chi connectivity index (χ0n) is 25.9. The van der Waals surface area contributed by atoms with Gasteiger partial charge in [0.05, 0.1) is 37.0 Å². The molecule has 9 nitrogen and oxygen atoms in total. The van der Waals surface area contributed by atoms with Crippen LogP contribution >= 0.6 is 23.2 Å². The maximum Gasteiger partial charge on any atom is 0.320 e. The first kappa shape index (κ1) is 32.1. The normalized spacial score (nSPS) is 17.6. The largest absolute Gasteiger partial charge is 0.489 e. The van der Waals surface area contributed by atoms with Gasteiger partial charge in [-0.25, -0.2) is 9.37 Å². The average molecular weight is 670 g/mol. The number of esters is 1. The molecule has 242 valence electrons. The number of aromatic nitrogens is 2. The summed E-state index contributed by atoms with van der Waals surface area (Å²) in [6, 6.07) is 13.3. The van der Waals surface area contributed by atoms with Crippen LogP contribution in [0.1, 0.15) is 53.8 Å². The molecule has 0 saturated carbocycles. The summed E-state index contributed by atoms with van der Waals surface area (Å²) in [4.78, 5) is 35.9. The highest BCUT2D eigenvalue weighted by atomic mass is 35.5. The van der Waals surface area contributed by atoms with Crippen LogP contribution in [0.2, 0.25) is 10.0 Å². The first-order valence-corrected chi connectivity index (χ1v) is 16.1. The molecule has 0 N–H and O–H groups in total. The average Bonchev–Trinajstić information content (AvgIpc) is 3.78.